The lowest BCUT2D eigenvalue weighted by Crippen LogP contribution is -2.12. The Bertz CT molecular complexity index is 820. The maximum atomic E-state index is 12.1. The molecule has 1 amide bonds. The van der Waals surface area contributed by atoms with E-state index in [1.165, 1.54) is 5.56 Å². The van der Waals surface area contributed by atoms with Crippen LogP contribution < -0.4 is 5.32 Å². The summed E-state index contributed by atoms with van der Waals surface area (Å²) in [4.78, 5) is 19.4. The molecule has 1 aromatic heterocycles. The van der Waals surface area contributed by atoms with Crippen molar-refractivity contribution in [1.29, 1.82) is 0 Å². The van der Waals surface area contributed by atoms with E-state index >= 15 is 0 Å². The number of rotatable bonds is 5. The Labute approximate surface area is 136 Å². The number of nitrogens with one attached hydrogen (secondary N) is 2. The molecule has 0 radical (unpaired) electrons. The molecule has 23 heavy (non-hydrogen) atoms. The molecular formula is C19H21N3O. The lowest BCUT2D eigenvalue weighted by molar-refractivity contribution is -0.116. The number of hydrogen-bond donors (Lipinski definition) is 2. The van der Waals surface area contributed by atoms with Crippen molar-refractivity contribution >= 4 is 22.6 Å². The fourth-order valence-electron chi connectivity index (χ4n) is 2.60. The number of amides is 1. The highest BCUT2D eigenvalue weighted by Crippen LogP contribution is 2.19. The number of carbonyl (C=O) groups is 1. The first-order chi connectivity index (χ1) is 11.1. The van der Waals surface area contributed by atoms with E-state index in [1.807, 2.05) is 30.3 Å². The monoisotopic (exact) mass is 307 g/mol. The average molecular weight is 307 g/mol. The number of benzene rings is 2. The van der Waals surface area contributed by atoms with Gasteiger partial charge >= 0.3 is 0 Å². The fraction of sp³-hybridized carbons (Fsp3) is 0.263. The van der Waals surface area contributed by atoms with E-state index in [-0.39, 0.29) is 5.91 Å². The van der Waals surface area contributed by atoms with Crippen molar-refractivity contribution in [2.24, 2.45) is 0 Å². The molecule has 0 spiro atoms. The first kappa shape index (κ1) is 15.3. The minimum Gasteiger partial charge on any atom is -0.345 e. The molecule has 3 rings (SSSR count). The Morgan fingerprint density at radius 2 is 2.09 bits per heavy atom. The van der Waals surface area contributed by atoms with Crippen LogP contribution in [0.5, 0.6) is 0 Å². The number of hydrogen-bond acceptors (Lipinski definition) is 2. The number of fused-ring (bicyclic) bond motifs is 1. The number of H-pyrrole nitrogens is 1. The summed E-state index contributed by atoms with van der Waals surface area (Å²) in [5, 5.41) is 2.98. The smallest absolute Gasteiger partial charge is 0.224 e. The molecule has 4 heteroatoms. The predicted octanol–water partition coefficient (Wildman–Crippen LogP) is 4.26. The predicted molar refractivity (Wildman–Crippen MR) is 93.6 cm³/mol. The van der Waals surface area contributed by atoms with E-state index in [0.717, 1.165) is 22.3 Å². The van der Waals surface area contributed by atoms with Crippen molar-refractivity contribution in [1.82, 2.24) is 9.97 Å². The Balaban J connectivity index is 1.59. The van der Waals surface area contributed by atoms with E-state index < -0.39 is 0 Å². The number of aromatic amines is 1. The Morgan fingerprint density at radius 3 is 2.91 bits per heavy atom. The maximum absolute atomic E-state index is 12.1. The molecule has 1 heterocycles. The van der Waals surface area contributed by atoms with E-state index in [0.29, 0.717) is 18.8 Å². The number of imidazole rings is 1. The van der Waals surface area contributed by atoms with Gasteiger partial charge in [0.05, 0.1) is 17.4 Å². The zero-order valence-corrected chi connectivity index (χ0v) is 13.5. The van der Waals surface area contributed by atoms with Gasteiger partial charge in [-0.3, -0.25) is 4.79 Å². The van der Waals surface area contributed by atoms with Crippen molar-refractivity contribution < 1.29 is 4.79 Å². The van der Waals surface area contributed by atoms with Gasteiger partial charge in [-0.25, -0.2) is 4.98 Å². The molecule has 2 N–H and O–H groups in total. The lowest BCUT2D eigenvalue weighted by atomic mass is 10.0. The summed E-state index contributed by atoms with van der Waals surface area (Å²) in [6, 6.07) is 14.1. The van der Waals surface area contributed by atoms with Crippen molar-refractivity contribution in [3.63, 3.8) is 0 Å². The van der Waals surface area contributed by atoms with Crippen molar-refractivity contribution in [2.75, 3.05) is 5.32 Å². The van der Waals surface area contributed by atoms with Gasteiger partial charge in [-0.2, -0.15) is 0 Å². The third kappa shape index (κ3) is 3.77. The van der Waals surface area contributed by atoms with Crippen LogP contribution >= 0.6 is 0 Å². The summed E-state index contributed by atoms with van der Waals surface area (Å²) < 4.78 is 0. The number of anilines is 1. The molecule has 2 aromatic carbocycles. The van der Waals surface area contributed by atoms with Crippen molar-refractivity contribution in [2.45, 2.75) is 32.6 Å². The summed E-state index contributed by atoms with van der Waals surface area (Å²) in [6.45, 7) is 4.29. The number of aryl methyl sites for hydroxylation is 1. The van der Waals surface area contributed by atoms with E-state index in [4.69, 9.17) is 0 Å². The molecule has 0 unspecified atom stereocenters. The number of aromatic nitrogens is 2. The third-order valence-corrected chi connectivity index (χ3v) is 3.96. The summed E-state index contributed by atoms with van der Waals surface area (Å²) >= 11 is 0. The van der Waals surface area contributed by atoms with Crippen LogP contribution in [0.25, 0.3) is 11.0 Å². The van der Waals surface area contributed by atoms with Gasteiger partial charge in [-0.05, 0) is 47.7 Å². The lowest BCUT2D eigenvalue weighted by Gasteiger charge is -2.09. The molecule has 0 aliphatic carbocycles. The van der Waals surface area contributed by atoms with Crippen LogP contribution in [0.3, 0.4) is 0 Å². The molecule has 0 saturated carbocycles. The normalized spacial score (nSPS) is 11.1. The van der Waals surface area contributed by atoms with Gasteiger partial charge in [0.1, 0.15) is 0 Å². The highest BCUT2D eigenvalue weighted by Gasteiger charge is 2.06. The van der Waals surface area contributed by atoms with Crippen molar-refractivity contribution in [3.8, 4) is 0 Å². The van der Waals surface area contributed by atoms with Crippen LogP contribution in [0.15, 0.2) is 48.8 Å². The largest absolute Gasteiger partial charge is 0.345 e. The molecule has 0 fully saturated rings. The van der Waals surface area contributed by atoms with Gasteiger partial charge in [-0.1, -0.05) is 32.0 Å². The second kappa shape index (κ2) is 6.65. The second-order valence-corrected chi connectivity index (χ2v) is 6.08. The Morgan fingerprint density at radius 1 is 1.22 bits per heavy atom. The zero-order chi connectivity index (χ0) is 16.2. The summed E-state index contributed by atoms with van der Waals surface area (Å²) in [7, 11) is 0. The van der Waals surface area contributed by atoms with Gasteiger partial charge in [0.2, 0.25) is 5.91 Å². The molecule has 118 valence electrons. The highest BCUT2D eigenvalue weighted by molar-refractivity contribution is 5.91. The molecule has 3 aromatic rings. The van der Waals surface area contributed by atoms with E-state index in [1.54, 1.807) is 6.33 Å². The highest BCUT2D eigenvalue weighted by atomic mass is 16.1. The van der Waals surface area contributed by atoms with Crippen LogP contribution in [0.1, 0.15) is 37.3 Å². The summed E-state index contributed by atoms with van der Waals surface area (Å²) in [5.41, 5.74) is 5.18. The van der Waals surface area contributed by atoms with Crippen LogP contribution in [0.4, 0.5) is 5.69 Å². The summed E-state index contributed by atoms with van der Waals surface area (Å²) in [5.74, 6) is 0.489. The SMILES string of the molecule is CC(C)c1cccc(NC(=O)CCc2ccc3nc[nH]c3c2)c1. The number of nitrogens with zero attached hydrogens (tertiary/aromatic N) is 1. The van der Waals surface area contributed by atoms with E-state index in [2.05, 4.69) is 41.3 Å². The van der Waals surface area contributed by atoms with Gasteiger partial charge in [0.15, 0.2) is 0 Å². The first-order valence-electron chi connectivity index (χ1n) is 7.93. The molecule has 0 bridgehead atoms. The Hall–Kier alpha value is -2.62. The molecule has 4 nitrogen and oxygen atoms in total. The van der Waals surface area contributed by atoms with Gasteiger partial charge in [0, 0.05) is 12.1 Å². The minimum absolute atomic E-state index is 0.0376. The third-order valence-electron chi connectivity index (χ3n) is 3.96. The maximum Gasteiger partial charge on any atom is 0.224 e. The zero-order valence-electron chi connectivity index (χ0n) is 13.5. The van der Waals surface area contributed by atoms with Crippen LogP contribution in [0.2, 0.25) is 0 Å². The molecule has 0 aliphatic heterocycles. The van der Waals surface area contributed by atoms with Gasteiger partial charge in [-0.15, -0.1) is 0 Å². The van der Waals surface area contributed by atoms with Gasteiger partial charge < -0.3 is 10.3 Å². The van der Waals surface area contributed by atoms with Crippen LogP contribution in [-0.2, 0) is 11.2 Å². The number of carbonyl (C=O) groups excluding carboxylic acids is 1. The molecular weight excluding hydrogens is 286 g/mol. The fourth-order valence-corrected chi connectivity index (χ4v) is 2.60. The molecule has 0 atom stereocenters. The van der Waals surface area contributed by atoms with Crippen LogP contribution in [0, 0.1) is 0 Å². The molecule has 0 aliphatic rings. The molecule has 0 saturated heterocycles. The first-order valence-corrected chi connectivity index (χ1v) is 7.93. The quantitative estimate of drug-likeness (QED) is 0.740. The second-order valence-electron chi connectivity index (χ2n) is 6.08. The minimum atomic E-state index is 0.0376. The van der Waals surface area contributed by atoms with Gasteiger partial charge in [0.25, 0.3) is 0 Å². The topological polar surface area (TPSA) is 57.8 Å². The standard InChI is InChI=1S/C19H21N3O/c1-13(2)15-4-3-5-16(11-15)22-19(23)9-7-14-6-8-17-18(10-14)21-12-20-17/h3-6,8,10-13H,7,9H2,1-2H3,(H,20,21)(H,22,23). The van der Waals surface area contributed by atoms with E-state index in [9.17, 15) is 4.79 Å². The summed E-state index contributed by atoms with van der Waals surface area (Å²) in [6.07, 6.45) is 2.86. The average Bonchev–Trinajstić information content (AvgIpc) is 3.01. The van der Waals surface area contributed by atoms with Crippen molar-refractivity contribution in [3.05, 3.63) is 59.9 Å². The van der Waals surface area contributed by atoms with Crippen LogP contribution in [-0.4, -0.2) is 15.9 Å². The Kier molecular flexibility index (Phi) is 4.42.